The van der Waals surface area contributed by atoms with Gasteiger partial charge >= 0.3 is 426 Å². The summed E-state index contributed by atoms with van der Waals surface area (Å²) in [5.41, 5.74) is 17.6. The summed E-state index contributed by atoms with van der Waals surface area (Å²) >= 11 is 2.38. The van der Waals surface area contributed by atoms with Crippen LogP contribution in [0.1, 0.15) is 80.6 Å². The second kappa shape index (κ2) is 25.3. The zero-order valence-corrected chi connectivity index (χ0v) is 46.1. The van der Waals surface area contributed by atoms with Gasteiger partial charge in [-0.05, 0) is 0 Å². The van der Waals surface area contributed by atoms with E-state index in [1.54, 1.807) is 0 Å². The van der Waals surface area contributed by atoms with Gasteiger partial charge in [-0.2, -0.15) is 0 Å². The van der Waals surface area contributed by atoms with Crippen LogP contribution in [-0.2, 0) is 59.0 Å². The molecule has 359 valence electrons. The Kier molecular flexibility index (Phi) is 19.0. The Bertz CT molecular complexity index is 2740. The van der Waals surface area contributed by atoms with E-state index >= 15 is 0 Å². The molecule has 9 aromatic rings. The van der Waals surface area contributed by atoms with Crippen LogP contribution in [0.3, 0.4) is 0 Å². The van der Waals surface area contributed by atoms with Crippen molar-refractivity contribution in [2.75, 3.05) is 0 Å². The molecule has 0 N–H and O–H groups in total. The minimum Gasteiger partial charge on any atom is -0.147 e. The van der Waals surface area contributed by atoms with Gasteiger partial charge in [0, 0.05) is 0 Å². The van der Waals surface area contributed by atoms with Gasteiger partial charge in [0.2, 0.25) is 0 Å². The molecule has 0 aliphatic heterocycles. The Morgan fingerprint density at radius 3 is 0.708 bits per heavy atom. The predicted octanol–water partition coefficient (Wildman–Crippen LogP) is 14.9. The van der Waals surface area contributed by atoms with Gasteiger partial charge in [0.25, 0.3) is 0 Å². The van der Waals surface area contributed by atoms with Crippen molar-refractivity contribution in [3.8, 4) is 0 Å². The molecule has 1 aliphatic rings. The molecule has 0 nitrogen and oxygen atoms in total. The predicted molar refractivity (Wildman–Crippen MR) is 311 cm³/mol. The molecule has 5 heteroatoms. The Hall–Kier alpha value is -5.74. The van der Waals surface area contributed by atoms with E-state index in [0.717, 1.165) is 38.5 Å². The normalized spacial score (nSPS) is 13.1. The van der Waals surface area contributed by atoms with Gasteiger partial charge in [-0.3, -0.25) is 0 Å². The summed E-state index contributed by atoms with van der Waals surface area (Å²) in [5.74, 6) is 0.329. The monoisotopic (exact) mass is 1050 g/mol. The Labute approximate surface area is 460 Å². The van der Waals surface area contributed by atoms with Crippen LogP contribution in [0.4, 0.5) is 0 Å². The fraction of sp³-hybridized carbons (Fsp3) is 0.134. The fourth-order valence-electron chi connectivity index (χ4n) is 10.9. The molecule has 1 unspecified atom stereocenters. The first-order chi connectivity index (χ1) is 33.8. The van der Waals surface area contributed by atoms with Crippen LogP contribution < -0.4 is 15.6 Å². The molecule has 0 heterocycles. The van der Waals surface area contributed by atoms with E-state index in [4.69, 9.17) is 0 Å². The van der Waals surface area contributed by atoms with Gasteiger partial charge in [0.15, 0.2) is 0 Å². The van der Waals surface area contributed by atoms with Gasteiger partial charge in [0.1, 0.15) is 0 Å². The minimum absolute atomic E-state index is 0. The second-order valence-electron chi connectivity index (χ2n) is 19.2. The topological polar surface area (TPSA) is 0 Å². The zero-order valence-electron chi connectivity index (χ0n) is 41.1. The molecule has 10 rings (SSSR count). The molecule has 72 heavy (non-hydrogen) atoms. The van der Waals surface area contributed by atoms with Crippen LogP contribution in [0.25, 0.3) is 0 Å². The fourth-order valence-corrected chi connectivity index (χ4v) is 16.9. The molecule has 0 amide bonds. The molecule has 0 aromatic heterocycles. The van der Waals surface area contributed by atoms with Gasteiger partial charge < -0.3 is 0 Å². The maximum Gasteiger partial charge on any atom is -0.147 e. The standard InChI is InChI=1S/C67H59Si.3ClH.Ti/c1-50-33-51(2)67(34-50)68(64-44-58(35-52-21-9-3-10-22-52)41-59(45-64)36-53-23-11-4-12-24-53,65-46-60(37-54-25-13-5-14-26-54)42-61(47-65)38-55-27-15-6-16-28-55)66-48-62(39-56-29-17-7-18-30-56)43-63(49-66)40-57-31-19-8-20-32-57;;;;/h3-32,34,41-50H,35-40H2,1-2H3;3*1H;. The molecule has 0 saturated heterocycles. The molecule has 0 saturated carbocycles. The Balaban J connectivity index is 0.00000253. The number of allylic oxidation sites excluding steroid dienone is 4. The third kappa shape index (κ3) is 12.7. The first-order valence-electron chi connectivity index (χ1n) is 24.6. The summed E-state index contributed by atoms with van der Waals surface area (Å²) < 4.78 is 1.47. The molecule has 0 fully saturated rings. The van der Waals surface area contributed by atoms with Crippen molar-refractivity contribution in [3.63, 3.8) is 0 Å². The van der Waals surface area contributed by atoms with E-state index in [1.807, 2.05) is 0 Å². The van der Waals surface area contributed by atoms with Crippen molar-refractivity contribution in [2.45, 2.75) is 52.4 Å². The molecule has 9 aromatic carbocycles. The van der Waals surface area contributed by atoms with Crippen molar-refractivity contribution in [1.82, 2.24) is 0 Å². The molecule has 0 radical (unpaired) electrons. The van der Waals surface area contributed by atoms with E-state index in [2.05, 4.69) is 277 Å². The van der Waals surface area contributed by atoms with E-state index in [9.17, 15) is 0 Å². The number of rotatable bonds is 16. The van der Waals surface area contributed by atoms with Gasteiger partial charge in [-0.1, -0.05) is 0 Å². The molecule has 1 atom stereocenters. The molecular weight excluding hydrogens is 987 g/mol. The van der Waals surface area contributed by atoms with Crippen molar-refractivity contribution in [1.29, 1.82) is 0 Å². The smallest absolute Gasteiger partial charge is 0.147 e. The quantitative estimate of drug-likeness (QED) is 0.0668. The van der Waals surface area contributed by atoms with Gasteiger partial charge in [0.05, 0.1) is 0 Å². The van der Waals surface area contributed by atoms with Crippen LogP contribution in [0, 0.1) is 5.92 Å². The van der Waals surface area contributed by atoms with Crippen LogP contribution >= 0.6 is 37.2 Å². The maximum absolute atomic E-state index is 3.23. The SMILES string of the molecule is CC1=[C]([Ti])C(C)C=C1[Si](c1cc(Cc2ccccc2)cc(Cc2ccccc2)c1)(c1cc(Cc2ccccc2)cc(Cc2ccccc2)c1)c1cc(Cc2ccccc2)cc(Cc2ccccc2)c1.Cl.Cl.Cl. The largest absolute Gasteiger partial charge is 0.147 e. The first kappa shape index (κ1) is 54.0. The van der Waals surface area contributed by atoms with Crippen molar-refractivity contribution in [2.24, 2.45) is 5.92 Å². The minimum atomic E-state index is -3.23. The number of hydrogen-bond donors (Lipinski definition) is 0. The van der Waals surface area contributed by atoms with Gasteiger partial charge in [-0.15, -0.1) is 37.2 Å². The number of benzene rings is 9. The molecule has 1 aliphatic carbocycles. The Morgan fingerprint density at radius 2 is 0.528 bits per heavy atom. The maximum atomic E-state index is 2.68. The average Bonchev–Trinajstić information content (AvgIpc) is 3.63. The third-order valence-corrected chi connectivity index (χ3v) is 20.2. The van der Waals surface area contributed by atoms with Crippen LogP contribution in [0.15, 0.2) is 257 Å². The Morgan fingerprint density at radius 1 is 0.319 bits per heavy atom. The summed E-state index contributed by atoms with van der Waals surface area (Å²) in [6.07, 6.45) is 7.88. The zero-order chi connectivity index (χ0) is 47.0. The van der Waals surface area contributed by atoms with Crippen LogP contribution in [-0.4, -0.2) is 8.07 Å². The van der Waals surface area contributed by atoms with Gasteiger partial charge in [-0.25, -0.2) is 0 Å². The summed E-state index contributed by atoms with van der Waals surface area (Å²) in [6, 6.07) is 89.8. The first-order valence-corrected chi connectivity index (χ1v) is 27.4. The summed E-state index contributed by atoms with van der Waals surface area (Å²) in [6.45, 7) is 4.85. The number of hydrogen-bond acceptors (Lipinski definition) is 0. The van der Waals surface area contributed by atoms with Crippen molar-refractivity contribution >= 4 is 60.9 Å². The van der Waals surface area contributed by atoms with E-state index in [0.29, 0.717) is 5.92 Å². The second-order valence-corrected chi connectivity index (χ2v) is 23.9. The average molecular weight is 1050 g/mol. The van der Waals surface area contributed by atoms with Crippen LogP contribution in [0.2, 0.25) is 0 Å². The molecule has 0 spiro atoms. The summed E-state index contributed by atoms with van der Waals surface area (Å²) in [5, 5.41) is 5.90. The van der Waals surface area contributed by atoms with E-state index < -0.39 is 8.07 Å². The summed E-state index contributed by atoms with van der Waals surface area (Å²) in [7, 11) is -3.23. The van der Waals surface area contributed by atoms with E-state index in [-0.39, 0.29) is 37.2 Å². The number of halogens is 3. The summed E-state index contributed by atoms with van der Waals surface area (Å²) in [4.78, 5) is 0. The van der Waals surface area contributed by atoms with E-state index in [1.165, 1.54) is 97.0 Å². The van der Waals surface area contributed by atoms with Crippen LogP contribution in [0.5, 0.6) is 0 Å². The molecular formula is C67H62Cl3SiTi. The van der Waals surface area contributed by atoms with Crippen molar-refractivity contribution in [3.05, 3.63) is 324 Å². The third-order valence-electron chi connectivity index (χ3n) is 14.0. The van der Waals surface area contributed by atoms with Crippen molar-refractivity contribution < 1.29 is 20.4 Å². The molecule has 0 bridgehead atoms.